The number of hydrogen-bond donors (Lipinski definition) is 3. The fourth-order valence-corrected chi connectivity index (χ4v) is 5.20. The lowest BCUT2D eigenvalue weighted by molar-refractivity contribution is -0.171. The molecule has 14 heteroatoms. The second-order valence-corrected chi connectivity index (χ2v) is 10.8. The molecule has 0 aromatic heterocycles. The van der Waals surface area contributed by atoms with Gasteiger partial charge >= 0.3 is 12.3 Å². The number of hydrogen-bond acceptors (Lipinski definition) is 6. The average Bonchev–Trinajstić information content (AvgIpc) is 3.02. The van der Waals surface area contributed by atoms with E-state index in [1.54, 1.807) is 0 Å². The zero-order valence-corrected chi connectivity index (χ0v) is 24.7. The molecule has 46 heavy (non-hydrogen) atoms. The summed E-state index contributed by atoms with van der Waals surface area (Å²) in [7, 11) is 1.17. The zero-order valence-electron chi connectivity index (χ0n) is 24.7. The monoisotopic (exact) mass is 653 g/mol. The third-order valence-electron chi connectivity index (χ3n) is 7.55. The highest BCUT2D eigenvalue weighted by Crippen LogP contribution is 2.30. The van der Waals surface area contributed by atoms with Crippen molar-refractivity contribution in [1.82, 2.24) is 10.2 Å². The zero-order chi connectivity index (χ0) is 33.4. The Hall–Kier alpha value is -4.14. The summed E-state index contributed by atoms with van der Waals surface area (Å²) in [5, 5.41) is 15.4. The minimum absolute atomic E-state index is 0.0622. The third kappa shape index (κ3) is 9.44. The van der Waals surface area contributed by atoms with Crippen molar-refractivity contribution in [1.29, 1.82) is 0 Å². The van der Waals surface area contributed by atoms with Crippen LogP contribution in [0.2, 0.25) is 0 Å². The number of carbonyl (C=O) groups excluding carboxylic acids is 2. The van der Waals surface area contributed by atoms with Gasteiger partial charge in [-0.25, -0.2) is 18.0 Å². The van der Waals surface area contributed by atoms with E-state index in [0.29, 0.717) is 11.1 Å². The van der Waals surface area contributed by atoms with E-state index in [2.05, 4.69) is 15.4 Å². The summed E-state index contributed by atoms with van der Waals surface area (Å²) < 4.78 is 90.0. The first kappa shape index (κ1) is 34.7. The standard InChI is InChI=1S/C32H33F6N3O5/c1-41(31(44)45-18-32(36,37)38)30-28(17-42)39-16-23(46-30)13-14-24-26(35)3-2-4-27(24)40-29(43)15-25(19-5-9-21(33)10-6-19)20-7-11-22(34)12-8-20/h2-12,23,25,28,30,39,42H,13-18H2,1H3,(H,40,43)/t23-,28-,30+/m1/s1. The molecule has 3 N–H and O–H groups in total. The van der Waals surface area contributed by atoms with Crippen LogP contribution in [0.25, 0.3) is 0 Å². The summed E-state index contributed by atoms with van der Waals surface area (Å²) in [5.74, 6) is -2.56. The molecule has 3 aromatic carbocycles. The van der Waals surface area contributed by atoms with Gasteiger partial charge in [0, 0.05) is 37.2 Å². The number of alkyl halides is 3. The molecule has 1 saturated heterocycles. The number of amides is 2. The van der Waals surface area contributed by atoms with Gasteiger partial charge in [0.25, 0.3) is 0 Å². The van der Waals surface area contributed by atoms with Crippen LogP contribution in [0.5, 0.6) is 0 Å². The van der Waals surface area contributed by atoms with Crippen molar-refractivity contribution in [2.45, 2.75) is 49.7 Å². The fraction of sp³-hybridized carbons (Fsp3) is 0.375. The molecule has 0 unspecified atom stereocenters. The number of anilines is 1. The van der Waals surface area contributed by atoms with Crippen LogP contribution in [0.15, 0.2) is 66.7 Å². The maximum Gasteiger partial charge on any atom is 0.422 e. The van der Waals surface area contributed by atoms with E-state index in [0.717, 1.165) is 4.90 Å². The molecule has 2 amide bonds. The number of halogens is 6. The number of rotatable bonds is 11. The van der Waals surface area contributed by atoms with E-state index < -0.39 is 73.1 Å². The van der Waals surface area contributed by atoms with E-state index in [1.807, 2.05) is 0 Å². The Labute approximate surface area is 261 Å². The summed E-state index contributed by atoms with van der Waals surface area (Å²) in [4.78, 5) is 26.3. The SMILES string of the molecule is CN(C(=O)OCC(F)(F)F)[C@H]1O[C@H](CCc2c(F)cccc2NC(=O)CC(c2ccc(F)cc2)c2ccc(F)cc2)CN[C@@H]1CO. The van der Waals surface area contributed by atoms with Crippen LogP contribution >= 0.6 is 0 Å². The highest BCUT2D eigenvalue weighted by molar-refractivity contribution is 5.92. The van der Waals surface area contributed by atoms with Gasteiger partial charge in [-0.2, -0.15) is 13.2 Å². The number of morpholine rings is 1. The van der Waals surface area contributed by atoms with E-state index in [4.69, 9.17) is 4.74 Å². The summed E-state index contributed by atoms with van der Waals surface area (Å²) in [5.41, 5.74) is 1.60. The van der Waals surface area contributed by atoms with Gasteiger partial charge in [-0.1, -0.05) is 30.3 Å². The lowest BCUT2D eigenvalue weighted by Gasteiger charge is -2.40. The topological polar surface area (TPSA) is 100 Å². The molecular weight excluding hydrogens is 620 g/mol. The molecule has 8 nitrogen and oxygen atoms in total. The van der Waals surface area contributed by atoms with Crippen LogP contribution in [0.3, 0.4) is 0 Å². The van der Waals surface area contributed by atoms with Crippen molar-refractivity contribution in [3.05, 3.63) is 101 Å². The molecule has 1 heterocycles. The predicted octanol–water partition coefficient (Wildman–Crippen LogP) is 5.50. The Kier molecular flexibility index (Phi) is 11.7. The van der Waals surface area contributed by atoms with Crippen molar-refractivity contribution >= 4 is 17.7 Å². The van der Waals surface area contributed by atoms with Crippen molar-refractivity contribution in [3.63, 3.8) is 0 Å². The largest absolute Gasteiger partial charge is 0.440 e. The average molecular weight is 654 g/mol. The highest BCUT2D eigenvalue weighted by Gasteiger charge is 2.38. The minimum Gasteiger partial charge on any atom is -0.440 e. The van der Waals surface area contributed by atoms with Gasteiger partial charge in [-0.15, -0.1) is 0 Å². The van der Waals surface area contributed by atoms with Gasteiger partial charge in [0.2, 0.25) is 5.91 Å². The molecule has 3 atom stereocenters. The maximum absolute atomic E-state index is 15.1. The number of aliphatic hydroxyl groups is 1. The molecule has 0 saturated carbocycles. The first-order valence-corrected chi connectivity index (χ1v) is 14.4. The van der Waals surface area contributed by atoms with Crippen molar-refractivity contribution in [2.75, 3.05) is 32.1 Å². The van der Waals surface area contributed by atoms with Crippen LogP contribution in [-0.4, -0.2) is 73.4 Å². The quantitative estimate of drug-likeness (QED) is 0.237. The number of carbonyl (C=O) groups is 2. The molecule has 0 bridgehead atoms. The van der Waals surface area contributed by atoms with E-state index in [-0.39, 0.29) is 37.1 Å². The van der Waals surface area contributed by atoms with E-state index >= 15 is 4.39 Å². The Morgan fingerprint density at radius 2 is 1.63 bits per heavy atom. The second-order valence-electron chi connectivity index (χ2n) is 10.8. The number of nitrogens with one attached hydrogen (secondary N) is 2. The summed E-state index contributed by atoms with van der Waals surface area (Å²) in [6.45, 7) is -2.10. The lowest BCUT2D eigenvalue weighted by atomic mass is 9.88. The van der Waals surface area contributed by atoms with Crippen molar-refractivity contribution < 1.29 is 50.5 Å². The Morgan fingerprint density at radius 1 is 1.02 bits per heavy atom. The number of likely N-dealkylation sites (N-methyl/N-ethyl adjacent to an activating group) is 1. The van der Waals surface area contributed by atoms with E-state index in [1.165, 1.54) is 73.8 Å². The number of benzene rings is 3. The molecule has 0 radical (unpaired) electrons. The van der Waals surface area contributed by atoms with Gasteiger partial charge in [0.1, 0.15) is 17.5 Å². The summed E-state index contributed by atoms with van der Waals surface area (Å²) in [6, 6.07) is 14.5. The normalized spacial score (nSPS) is 18.3. The minimum atomic E-state index is -4.73. The molecule has 1 aliphatic heterocycles. The third-order valence-corrected chi connectivity index (χ3v) is 7.55. The molecular formula is C32H33F6N3O5. The number of nitrogens with zero attached hydrogens (tertiary/aromatic N) is 1. The highest BCUT2D eigenvalue weighted by atomic mass is 19.4. The molecule has 248 valence electrons. The van der Waals surface area contributed by atoms with Gasteiger partial charge in [-0.05, 0) is 60.4 Å². The molecule has 1 aliphatic rings. The van der Waals surface area contributed by atoms with Crippen LogP contribution < -0.4 is 10.6 Å². The lowest BCUT2D eigenvalue weighted by Crippen LogP contribution is -2.61. The Bertz CT molecular complexity index is 1430. The molecule has 3 aromatic rings. The fourth-order valence-electron chi connectivity index (χ4n) is 5.20. The van der Waals surface area contributed by atoms with Crippen molar-refractivity contribution in [2.24, 2.45) is 0 Å². The molecule has 1 fully saturated rings. The molecule has 0 spiro atoms. The van der Waals surface area contributed by atoms with Crippen LogP contribution in [0, 0.1) is 17.5 Å². The summed E-state index contributed by atoms with van der Waals surface area (Å²) in [6.07, 6.45) is -7.76. The van der Waals surface area contributed by atoms with Gasteiger partial charge in [0.15, 0.2) is 12.8 Å². The number of aliphatic hydroxyl groups excluding tert-OH is 1. The van der Waals surface area contributed by atoms with Gasteiger partial charge < -0.3 is 25.2 Å². The number of ether oxygens (including phenoxy) is 2. The summed E-state index contributed by atoms with van der Waals surface area (Å²) >= 11 is 0. The van der Waals surface area contributed by atoms with Crippen molar-refractivity contribution in [3.8, 4) is 0 Å². The van der Waals surface area contributed by atoms with Crippen LogP contribution in [0.1, 0.15) is 35.4 Å². The van der Waals surface area contributed by atoms with Gasteiger partial charge in [-0.3, -0.25) is 9.69 Å². The van der Waals surface area contributed by atoms with E-state index in [9.17, 15) is 36.6 Å². The van der Waals surface area contributed by atoms with Gasteiger partial charge in [0.05, 0.1) is 18.8 Å². The Balaban J connectivity index is 1.44. The molecule has 0 aliphatic carbocycles. The Morgan fingerprint density at radius 3 is 2.20 bits per heavy atom. The van der Waals surface area contributed by atoms with Crippen LogP contribution in [0.4, 0.5) is 36.8 Å². The predicted molar refractivity (Wildman–Crippen MR) is 155 cm³/mol. The van der Waals surface area contributed by atoms with Crippen LogP contribution in [-0.2, 0) is 20.7 Å². The first-order valence-electron chi connectivity index (χ1n) is 14.4. The smallest absolute Gasteiger partial charge is 0.422 e. The maximum atomic E-state index is 15.1. The second kappa shape index (κ2) is 15.4. The molecule has 4 rings (SSSR count). The first-order chi connectivity index (χ1) is 21.8.